The maximum Gasteiger partial charge on any atom is 0.253 e. The standard InChI is InChI=1S/C25H29FN2O2/c26-23-8-6-21(7-9-23)24(29)28-16-12-22(13-17-28)25(30)27-14-10-20(11-15-27)18-19-4-2-1-3-5-19/h1-9,20,22H,10-18H2. The van der Waals surface area contributed by atoms with Crippen LogP contribution in [0.25, 0.3) is 0 Å². The maximum atomic E-state index is 13.1. The molecule has 2 amide bonds. The van der Waals surface area contributed by atoms with Crippen LogP contribution in [0, 0.1) is 17.7 Å². The first-order valence-electron chi connectivity index (χ1n) is 11.0. The summed E-state index contributed by atoms with van der Waals surface area (Å²) in [5.74, 6) is 0.479. The lowest BCUT2D eigenvalue weighted by atomic mass is 9.88. The fraction of sp³-hybridized carbons (Fsp3) is 0.440. The van der Waals surface area contributed by atoms with E-state index in [4.69, 9.17) is 0 Å². The van der Waals surface area contributed by atoms with Crippen LogP contribution in [0.15, 0.2) is 54.6 Å². The third kappa shape index (κ3) is 4.89. The van der Waals surface area contributed by atoms with Crippen molar-refractivity contribution in [1.29, 1.82) is 0 Å². The summed E-state index contributed by atoms with van der Waals surface area (Å²) in [5, 5.41) is 0. The summed E-state index contributed by atoms with van der Waals surface area (Å²) in [6, 6.07) is 16.2. The molecule has 0 N–H and O–H groups in total. The summed E-state index contributed by atoms with van der Waals surface area (Å²) >= 11 is 0. The van der Waals surface area contributed by atoms with E-state index in [0.29, 0.717) is 37.4 Å². The van der Waals surface area contributed by atoms with E-state index in [1.807, 2.05) is 11.0 Å². The summed E-state index contributed by atoms with van der Waals surface area (Å²) in [4.78, 5) is 29.4. The van der Waals surface area contributed by atoms with Gasteiger partial charge < -0.3 is 9.80 Å². The van der Waals surface area contributed by atoms with Crippen molar-refractivity contribution in [3.8, 4) is 0 Å². The van der Waals surface area contributed by atoms with Crippen LogP contribution in [0.2, 0.25) is 0 Å². The van der Waals surface area contributed by atoms with Crippen LogP contribution in [0.5, 0.6) is 0 Å². The molecule has 0 spiro atoms. The van der Waals surface area contributed by atoms with Gasteiger partial charge in [0, 0.05) is 37.7 Å². The first kappa shape index (κ1) is 20.6. The van der Waals surface area contributed by atoms with E-state index in [9.17, 15) is 14.0 Å². The Morgan fingerprint density at radius 1 is 0.800 bits per heavy atom. The van der Waals surface area contributed by atoms with Crippen molar-refractivity contribution in [1.82, 2.24) is 9.80 Å². The number of hydrogen-bond donors (Lipinski definition) is 0. The number of likely N-dealkylation sites (tertiary alicyclic amines) is 2. The molecule has 2 aromatic carbocycles. The number of carbonyl (C=O) groups excluding carboxylic acids is 2. The highest BCUT2D eigenvalue weighted by molar-refractivity contribution is 5.94. The molecule has 0 atom stereocenters. The molecular weight excluding hydrogens is 379 g/mol. The zero-order valence-corrected chi connectivity index (χ0v) is 17.3. The molecule has 0 aliphatic carbocycles. The normalized spacial score (nSPS) is 18.4. The van der Waals surface area contributed by atoms with Gasteiger partial charge in [-0.25, -0.2) is 4.39 Å². The van der Waals surface area contributed by atoms with Gasteiger partial charge in [-0.05, 0) is 67.9 Å². The number of halogens is 1. The van der Waals surface area contributed by atoms with E-state index in [1.165, 1.54) is 29.8 Å². The Kier molecular flexibility index (Phi) is 6.46. The Bertz CT molecular complexity index is 852. The average molecular weight is 409 g/mol. The summed E-state index contributed by atoms with van der Waals surface area (Å²) in [7, 11) is 0. The van der Waals surface area contributed by atoms with Gasteiger partial charge in [-0.2, -0.15) is 0 Å². The molecule has 0 aromatic heterocycles. The smallest absolute Gasteiger partial charge is 0.253 e. The lowest BCUT2D eigenvalue weighted by Crippen LogP contribution is -2.46. The van der Waals surface area contributed by atoms with Crippen molar-refractivity contribution in [2.45, 2.75) is 32.1 Å². The van der Waals surface area contributed by atoms with Crippen LogP contribution in [-0.4, -0.2) is 47.8 Å². The summed E-state index contributed by atoms with van der Waals surface area (Å²) in [5.41, 5.74) is 1.88. The molecule has 4 rings (SSSR count). The monoisotopic (exact) mass is 408 g/mol. The van der Waals surface area contributed by atoms with Crippen molar-refractivity contribution in [2.75, 3.05) is 26.2 Å². The molecule has 4 nitrogen and oxygen atoms in total. The fourth-order valence-electron chi connectivity index (χ4n) is 4.67. The van der Waals surface area contributed by atoms with Gasteiger partial charge >= 0.3 is 0 Å². The Labute approximate surface area is 177 Å². The van der Waals surface area contributed by atoms with Crippen LogP contribution >= 0.6 is 0 Å². The molecule has 2 heterocycles. The van der Waals surface area contributed by atoms with Crippen LogP contribution in [-0.2, 0) is 11.2 Å². The van der Waals surface area contributed by atoms with E-state index in [1.54, 1.807) is 4.90 Å². The number of amides is 2. The Hall–Kier alpha value is -2.69. The zero-order valence-electron chi connectivity index (χ0n) is 17.3. The first-order valence-corrected chi connectivity index (χ1v) is 11.0. The number of benzene rings is 2. The molecule has 2 fully saturated rings. The second-order valence-electron chi connectivity index (χ2n) is 8.53. The van der Waals surface area contributed by atoms with Crippen molar-refractivity contribution in [3.63, 3.8) is 0 Å². The molecule has 0 bridgehead atoms. The van der Waals surface area contributed by atoms with E-state index in [-0.39, 0.29) is 23.5 Å². The van der Waals surface area contributed by atoms with Gasteiger partial charge in [-0.3, -0.25) is 9.59 Å². The molecule has 0 saturated carbocycles. The van der Waals surface area contributed by atoms with Gasteiger partial charge in [0.1, 0.15) is 5.82 Å². The summed E-state index contributed by atoms with van der Waals surface area (Å²) < 4.78 is 13.1. The Balaban J connectivity index is 1.24. The highest BCUT2D eigenvalue weighted by Gasteiger charge is 2.32. The van der Waals surface area contributed by atoms with Gasteiger partial charge in [0.15, 0.2) is 0 Å². The van der Waals surface area contributed by atoms with Crippen molar-refractivity contribution >= 4 is 11.8 Å². The van der Waals surface area contributed by atoms with E-state index < -0.39 is 0 Å². The van der Waals surface area contributed by atoms with Crippen molar-refractivity contribution in [3.05, 3.63) is 71.5 Å². The molecule has 158 valence electrons. The average Bonchev–Trinajstić information content (AvgIpc) is 2.80. The van der Waals surface area contributed by atoms with E-state index in [0.717, 1.165) is 32.4 Å². The lowest BCUT2D eigenvalue weighted by Gasteiger charge is -2.37. The number of nitrogens with zero attached hydrogens (tertiary/aromatic N) is 2. The molecule has 2 aliphatic heterocycles. The Morgan fingerprint density at radius 2 is 1.40 bits per heavy atom. The summed E-state index contributed by atoms with van der Waals surface area (Å²) in [6.45, 7) is 2.84. The largest absolute Gasteiger partial charge is 0.342 e. The molecule has 5 heteroatoms. The quantitative estimate of drug-likeness (QED) is 0.762. The Morgan fingerprint density at radius 3 is 2.03 bits per heavy atom. The first-order chi connectivity index (χ1) is 14.6. The van der Waals surface area contributed by atoms with Crippen LogP contribution in [0.4, 0.5) is 4.39 Å². The van der Waals surface area contributed by atoms with Crippen LogP contribution in [0.3, 0.4) is 0 Å². The number of hydrogen-bond acceptors (Lipinski definition) is 2. The highest BCUT2D eigenvalue weighted by atomic mass is 19.1. The van der Waals surface area contributed by atoms with Crippen molar-refractivity contribution in [2.24, 2.45) is 11.8 Å². The molecule has 2 saturated heterocycles. The van der Waals surface area contributed by atoms with Gasteiger partial charge in [-0.1, -0.05) is 30.3 Å². The van der Waals surface area contributed by atoms with E-state index >= 15 is 0 Å². The fourth-order valence-corrected chi connectivity index (χ4v) is 4.67. The van der Waals surface area contributed by atoms with Crippen LogP contribution < -0.4 is 0 Å². The SMILES string of the molecule is O=C(c1ccc(F)cc1)N1CCC(C(=O)N2CCC(Cc3ccccc3)CC2)CC1. The molecule has 0 radical (unpaired) electrons. The topological polar surface area (TPSA) is 40.6 Å². The van der Waals surface area contributed by atoms with Gasteiger partial charge in [0.05, 0.1) is 0 Å². The predicted molar refractivity (Wildman–Crippen MR) is 114 cm³/mol. The summed E-state index contributed by atoms with van der Waals surface area (Å²) in [6.07, 6.45) is 4.61. The molecule has 0 unspecified atom stereocenters. The van der Waals surface area contributed by atoms with Crippen molar-refractivity contribution < 1.29 is 14.0 Å². The van der Waals surface area contributed by atoms with Crippen LogP contribution in [0.1, 0.15) is 41.6 Å². The third-order valence-electron chi connectivity index (χ3n) is 6.52. The van der Waals surface area contributed by atoms with Gasteiger partial charge in [-0.15, -0.1) is 0 Å². The molecular formula is C25H29FN2O2. The zero-order chi connectivity index (χ0) is 20.9. The van der Waals surface area contributed by atoms with E-state index in [2.05, 4.69) is 24.3 Å². The maximum absolute atomic E-state index is 13.1. The number of carbonyl (C=O) groups is 2. The second kappa shape index (κ2) is 9.41. The highest BCUT2D eigenvalue weighted by Crippen LogP contribution is 2.26. The molecule has 2 aliphatic rings. The number of piperidine rings is 2. The minimum atomic E-state index is -0.344. The lowest BCUT2D eigenvalue weighted by molar-refractivity contribution is -0.138. The van der Waals surface area contributed by atoms with Gasteiger partial charge in [0.25, 0.3) is 5.91 Å². The molecule has 30 heavy (non-hydrogen) atoms. The predicted octanol–water partition coefficient (Wildman–Crippen LogP) is 4.16. The third-order valence-corrected chi connectivity index (χ3v) is 6.52. The van der Waals surface area contributed by atoms with Gasteiger partial charge in [0.2, 0.25) is 5.91 Å². The molecule has 2 aromatic rings. The minimum Gasteiger partial charge on any atom is -0.342 e. The second-order valence-corrected chi connectivity index (χ2v) is 8.53. The minimum absolute atomic E-state index is 0.00735. The number of rotatable bonds is 4.